The molecule has 5 nitrogen and oxygen atoms in total. The second-order valence-corrected chi connectivity index (χ2v) is 3.28. The molecule has 0 aliphatic carbocycles. The highest BCUT2D eigenvalue weighted by molar-refractivity contribution is 5.87. The SMILES string of the molecule is O=C(NCc1ccccc1F)Nc1ccon1. The van der Waals surface area contributed by atoms with Crippen molar-refractivity contribution in [2.75, 3.05) is 5.32 Å². The van der Waals surface area contributed by atoms with E-state index in [0.717, 1.165) is 0 Å². The van der Waals surface area contributed by atoms with E-state index < -0.39 is 6.03 Å². The predicted octanol–water partition coefficient (Wildman–Crippen LogP) is 2.14. The van der Waals surface area contributed by atoms with Gasteiger partial charge in [-0.3, -0.25) is 5.32 Å². The highest BCUT2D eigenvalue weighted by Crippen LogP contribution is 2.06. The fourth-order valence-corrected chi connectivity index (χ4v) is 1.25. The van der Waals surface area contributed by atoms with Crippen LogP contribution in [0.1, 0.15) is 5.56 Å². The van der Waals surface area contributed by atoms with E-state index in [2.05, 4.69) is 20.3 Å². The summed E-state index contributed by atoms with van der Waals surface area (Å²) >= 11 is 0. The van der Waals surface area contributed by atoms with Crippen LogP contribution < -0.4 is 10.6 Å². The van der Waals surface area contributed by atoms with Gasteiger partial charge in [-0.1, -0.05) is 23.4 Å². The number of rotatable bonds is 3. The highest BCUT2D eigenvalue weighted by Gasteiger charge is 2.05. The van der Waals surface area contributed by atoms with Crippen molar-refractivity contribution in [3.05, 3.63) is 48.0 Å². The fraction of sp³-hybridized carbons (Fsp3) is 0.0909. The van der Waals surface area contributed by atoms with Gasteiger partial charge in [-0.2, -0.15) is 0 Å². The Morgan fingerprint density at radius 3 is 2.88 bits per heavy atom. The van der Waals surface area contributed by atoms with Crippen LogP contribution in [0.4, 0.5) is 15.0 Å². The first kappa shape index (κ1) is 11.1. The lowest BCUT2D eigenvalue weighted by molar-refractivity contribution is 0.251. The molecule has 1 aromatic carbocycles. The first-order chi connectivity index (χ1) is 8.25. The molecule has 0 saturated carbocycles. The van der Waals surface area contributed by atoms with Gasteiger partial charge in [-0.05, 0) is 6.07 Å². The molecule has 2 aromatic rings. The molecule has 0 atom stereocenters. The number of carbonyl (C=O) groups is 1. The quantitative estimate of drug-likeness (QED) is 0.856. The second kappa shape index (κ2) is 5.11. The molecule has 0 aliphatic rings. The van der Waals surface area contributed by atoms with E-state index in [1.54, 1.807) is 18.2 Å². The number of benzene rings is 1. The standard InChI is InChI=1S/C11H10FN3O2/c12-9-4-2-1-3-8(9)7-13-11(16)14-10-5-6-17-15-10/h1-6H,7H2,(H2,13,14,15,16). The minimum atomic E-state index is -0.470. The maximum Gasteiger partial charge on any atom is 0.320 e. The summed E-state index contributed by atoms with van der Waals surface area (Å²) in [5.74, 6) is -0.0507. The van der Waals surface area contributed by atoms with Crippen LogP contribution in [0.15, 0.2) is 41.1 Å². The summed E-state index contributed by atoms with van der Waals surface area (Å²) in [6, 6.07) is 7.27. The Balaban J connectivity index is 1.86. The summed E-state index contributed by atoms with van der Waals surface area (Å²) in [4.78, 5) is 11.4. The summed E-state index contributed by atoms with van der Waals surface area (Å²) in [7, 11) is 0. The van der Waals surface area contributed by atoms with Crippen molar-refractivity contribution in [1.29, 1.82) is 0 Å². The first-order valence-corrected chi connectivity index (χ1v) is 4.94. The second-order valence-electron chi connectivity index (χ2n) is 3.28. The van der Waals surface area contributed by atoms with Crippen LogP contribution in [0.3, 0.4) is 0 Å². The number of amides is 2. The zero-order chi connectivity index (χ0) is 12.1. The number of nitrogens with zero attached hydrogens (tertiary/aromatic N) is 1. The van der Waals surface area contributed by atoms with Crippen LogP contribution in [-0.4, -0.2) is 11.2 Å². The van der Waals surface area contributed by atoms with E-state index in [4.69, 9.17) is 0 Å². The van der Waals surface area contributed by atoms with E-state index in [-0.39, 0.29) is 12.4 Å². The van der Waals surface area contributed by atoms with E-state index in [1.165, 1.54) is 18.4 Å². The molecule has 0 radical (unpaired) electrons. The molecule has 2 N–H and O–H groups in total. The van der Waals surface area contributed by atoms with Gasteiger partial charge < -0.3 is 9.84 Å². The third kappa shape index (κ3) is 3.04. The average molecular weight is 235 g/mol. The molecule has 1 aromatic heterocycles. The number of urea groups is 1. The van der Waals surface area contributed by atoms with Crippen molar-refractivity contribution in [2.45, 2.75) is 6.54 Å². The zero-order valence-electron chi connectivity index (χ0n) is 8.81. The molecule has 0 bridgehead atoms. The van der Waals surface area contributed by atoms with Crippen molar-refractivity contribution in [3.63, 3.8) is 0 Å². The Hall–Kier alpha value is -2.37. The number of carbonyl (C=O) groups excluding carboxylic acids is 1. The van der Waals surface area contributed by atoms with Gasteiger partial charge in [-0.25, -0.2) is 9.18 Å². The van der Waals surface area contributed by atoms with Gasteiger partial charge in [0, 0.05) is 18.2 Å². The van der Waals surface area contributed by atoms with Gasteiger partial charge >= 0.3 is 6.03 Å². The molecular formula is C11H10FN3O2. The minimum absolute atomic E-state index is 0.107. The van der Waals surface area contributed by atoms with Crippen molar-refractivity contribution < 1.29 is 13.7 Å². The lowest BCUT2D eigenvalue weighted by Crippen LogP contribution is -2.28. The van der Waals surface area contributed by atoms with Gasteiger partial charge in [0.15, 0.2) is 5.82 Å². The number of aromatic nitrogens is 1. The topological polar surface area (TPSA) is 67.2 Å². The number of nitrogens with one attached hydrogen (secondary N) is 2. The van der Waals surface area contributed by atoms with Crippen molar-refractivity contribution in [3.8, 4) is 0 Å². The Labute approximate surface area is 96.6 Å². The van der Waals surface area contributed by atoms with Crippen LogP contribution >= 0.6 is 0 Å². The number of hydrogen-bond acceptors (Lipinski definition) is 3. The monoisotopic (exact) mass is 235 g/mol. The fourth-order valence-electron chi connectivity index (χ4n) is 1.25. The Kier molecular flexibility index (Phi) is 3.34. The molecule has 0 aliphatic heterocycles. The lowest BCUT2D eigenvalue weighted by atomic mass is 10.2. The van der Waals surface area contributed by atoms with Gasteiger partial charge in [0.05, 0.1) is 0 Å². The van der Waals surface area contributed by atoms with Crippen LogP contribution in [0, 0.1) is 5.82 Å². The summed E-state index contributed by atoms with van der Waals surface area (Å²) in [6.45, 7) is 0.107. The third-order valence-electron chi connectivity index (χ3n) is 2.08. The Morgan fingerprint density at radius 2 is 2.18 bits per heavy atom. The number of halogens is 1. The molecule has 1 heterocycles. The number of anilines is 1. The largest absolute Gasteiger partial charge is 0.363 e. The summed E-state index contributed by atoms with van der Waals surface area (Å²) in [6.07, 6.45) is 1.34. The molecule has 0 unspecified atom stereocenters. The van der Waals surface area contributed by atoms with E-state index >= 15 is 0 Å². The maximum atomic E-state index is 13.2. The molecule has 0 spiro atoms. The smallest absolute Gasteiger partial charge is 0.320 e. The van der Waals surface area contributed by atoms with E-state index in [9.17, 15) is 9.18 Å². The minimum Gasteiger partial charge on any atom is -0.363 e. The van der Waals surface area contributed by atoms with Crippen LogP contribution in [0.5, 0.6) is 0 Å². The van der Waals surface area contributed by atoms with Crippen molar-refractivity contribution >= 4 is 11.8 Å². The third-order valence-corrected chi connectivity index (χ3v) is 2.08. The lowest BCUT2D eigenvalue weighted by Gasteiger charge is -2.05. The maximum absolute atomic E-state index is 13.2. The van der Waals surface area contributed by atoms with Crippen LogP contribution in [-0.2, 0) is 6.54 Å². The van der Waals surface area contributed by atoms with E-state index in [0.29, 0.717) is 11.4 Å². The van der Waals surface area contributed by atoms with Gasteiger partial charge in [0.25, 0.3) is 0 Å². The first-order valence-electron chi connectivity index (χ1n) is 4.94. The molecule has 17 heavy (non-hydrogen) atoms. The molecule has 0 fully saturated rings. The molecule has 6 heteroatoms. The number of hydrogen-bond donors (Lipinski definition) is 2. The van der Waals surface area contributed by atoms with Crippen LogP contribution in [0.25, 0.3) is 0 Å². The van der Waals surface area contributed by atoms with Crippen molar-refractivity contribution in [2.24, 2.45) is 0 Å². The van der Waals surface area contributed by atoms with Crippen LogP contribution in [0.2, 0.25) is 0 Å². The summed E-state index contributed by atoms with van der Waals surface area (Å²) in [5.41, 5.74) is 0.419. The highest BCUT2D eigenvalue weighted by atomic mass is 19.1. The summed E-state index contributed by atoms with van der Waals surface area (Å²) < 4.78 is 17.8. The van der Waals surface area contributed by atoms with E-state index in [1.807, 2.05) is 0 Å². The van der Waals surface area contributed by atoms with Gasteiger partial charge in [0.2, 0.25) is 0 Å². The molecule has 2 amide bonds. The molecule has 88 valence electrons. The normalized spacial score (nSPS) is 9.94. The molecular weight excluding hydrogens is 225 g/mol. The summed E-state index contributed by atoms with van der Waals surface area (Å²) in [5, 5.41) is 8.45. The Bertz CT molecular complexity index is 499. The van der Waals surface area contributed by atoms with Gasteiger partial charge in [-0.15, -0.1) is 0 Å². The molecule has 0 saturated heterocycles. The average Bonchev–Trinajstić information content (AvgIpc) is 2.81. The Morgan fingerprint density at radius 1 is 1.35 bits per heavy atom. The van der Waals surface area contributed by atoms with Crippen molar-refractivity contribution in [1.82, 2.24) is 10.5 Å². The predicted molar refractivity (Wildman–Crippen MR) is 58.8 cm³/mol. The van der Waals surface area contributed by atoms with Gasteiger partial charge in [0.1, 0.15) is 12.1 Å². The zero-order valence-corrected chi connectivity index (χ0v) is 8.81. The molecule has 2 rings (SSSR count).